The van der Waals surface area contributed by atoms with E-state index in [0.29, 0.717) is 5.88 Å². The van der Waals surface area contributed by atoms with Gasteiger partial charge >= 0.3 is 0 Å². The molecular formula is C18H24N3O+. The molecule has 0 saturated heterocycles. The van der Waals surface area contributed by atoms with Crippen molar-refractivity contribution in [2.24, 2.45) is 7.05 Å². The van der Waals surface area contributed by atoms with Crippen molar-refractivity contribution < 1.29 is 9.30 Å². The fraction of sp³-hybridized carbons (Fsp3) is 0.444. The van der Waals surface area contributed by atoms with Crippen molar-refractivity contribution in [3.8, 4) is 17.1 Å². The Hall–Kier alpha value is -2.10. The molecule has 3 rings (SSSR count). The molecule has 22 heavy (non-hydrogen) atoms. The van der Waals surface area contributed by atoms with Crippen molar-refractivity contribution in [3.05, 3.63) is 35.7 Å². The van der Waals surface area contributed by atoms with E-state index in [4.69, 9.17) is 4.74 Å². The molecule has 1 aliphatic heterocycles. The number of aryl methyl sites for hydroxylation is 1. The Kier molecular flexibility index (Phi) is 4.01. The first-order valence-corrected chi connectivity index (χ1v) is 7.93. The molecule has 0 aliphatic carbocycles. The van der Waals surface area contributed by atoms with Crippen LogP contribution in [0.5, 0.6) is 5.88 Å². The van der Waals surface area contributed by atoms with E-state index in [9.17, 15) is 0 Å². The van der Waals surface area contributed by atoms with E-state index in [1.54, 1.807) is 13.3 Å². The summed E-state index contributed by atoms with van der Waals surface area (Å²) in [4.78, 5) is 6.83. The minimum atomic E-state index is 0.677. The molecule has 0 unspecified atom stereocenters. The summed E-state index contributed by atoms with van der Waals surface area (Å²) in [6.07, 6.45) is 6.11. The van der Waals surface area contributed by atoms with Gasteiger partial charge in [0.25, 0.3) is 11.6 Å². The van der Waals surface area contributed by atoms with E-state index in [-0.39, 0.29) is 0 Å². The van der Waals surface area contributed by atoms with Crippen molar-refractivity contribution in [2.75, 3.05) is 25.1 Å². The third kappa shape index (κ3) is 2.32. The van der Waals surface area contributed by atoms with Gasteiger partial charge in [0.1, 0.15) is 7.05 Å². The third-order valence-corrected chi connectivity index (χ3v) is 4.64. The smallest absolute Gasteiger partial charge is 0.288 e. The first kappa shape index (κ1) is 14.8. The van der Waals surface area contributed by atoms with Gasteiger partial charge in [0.2, 0.25) is 0 Å². The Bertz CT molecular complexity index is 697. The number of fused-ring (bicyclic) bond motifs is 1. The van der Waals surface area contributed by atoms with Crippen molar-refractivity contribution in [3.63, 3.8) is 0 Å². The van der Waals surface area contributed by atoms with Crippen LogP contribution in [0.3, 0.4) is 0 Å². The molecule has 4 heteroatoms. The van der Waals surface area contributed by atoms with E-state index in [0.717, 1.165) is 25.2 Å². The van der Waals surface area contributed by atoms with Crippen molar-refractivity contribution in [2.45, 2.75) is 26.7 Å². The highest BCUT2D eigenvalue weighted by molar-refractivity contribution is 5.73. The lowest BCUT2D eigenvalue weighted by molar-refractivity contribution is -0.661. The molecule has 0 amide bonds. The van der Waals surface area contributed by atoms with Gasteiger partial charge in [0, 0.05) is 18.8 Å². The number of hydrogen-bond acceptors (Lipinski definition) is 3. The van der Waals surface area contributed by atoms with Crippen LogP contribution >= 0.6 is 0 Å². The Morgan fingerprint density at radius 1 is 1.36 bits per heavy atom. The second-order valence-corrected chi connectivity index (χ2v) is 5.82. The normalized spacial score (nSPS) is 13.9. The fourth-order valence-electron chi connectivity index (χ4n) is 3.45. The molecule has 0 saturated carbocycles. The van der Waals surface area contributed by atoms with E-state index in [2.05, 4.69) is 40.4 Å². The molecule has 1 aromatic carbocycles. The number of methoxy groups -OCH3 is 1. The van der Waals surface area contributed by atoms with Crippen LogP contribution in [0, 0.1) is 6.92 Å². The van der Waals surface area contributed by atoms with Crippen LogP contribution in [-0.4, -0.2) is 25.2 Å². The number of nitrogens with zero attached hydrogens (tertiary/aromatic N) is 3. The Labute approximate surface area is 132 Å². The number of aromatic nitrogens is 2. The van der Waals surface area contributed by atoms with E-state index >= 15 is 0 Å². The Morgan fingerprint density at radius 2 is 2.18 bits per heavy atom. The van der Waals surface area contributed by atoms with Gasteiger partial charge in [-0.15, -0.1) is 0 Å². The summed E-state index contributed by atoms with van der Waals surface area (Å²) < 4.78 is 7.56. The minimum absolute atomic E-state index is 0.677. The summed E-state index contributed by atoms with van der Waals surface area (Å²) in [5.41, 5.74) is 6.46. The lowest BCUT2D eigenvalue weighted by Gasteiger charge is -2.31. The predicted molar refractivity (Wildman–Crippen MR) is 88.3 cm³/mol. The average molecular weight is 298 g/mol. The monoisotopic (exact) mass is 298 g/mol. The lowest BCUT2D eigenvalue weighted by atomic mass is 9.92. The summed E-state index contributed by atoms with van der Waals surface area (Å²) in [5.74, 6) is 0.677. The number of benzene rings is 1. The van der Waals surface area contributed by atoms with E-state index in [1.165, 1.54) is 28.8 Å². The van der Waals surface area contributed by atoms with Crippen LogP contribution < -0.4 is 14.2 Å². The Balaban J connectivity index is 2.19. The highest BCUT2D eigenvalue weighted by atomic mass is 16.5. The van der Waals surface area contributed by atoms with Gasteiger partial charge in [-0.2, -0.15) is 4.57 Å². The van der Waals surface area contributed by atoms with Crippen molar-refractivity contribution in [1.29, 1.82) is 0 Å². The summed E-state index contributed by atoms with van der Waals surface area (Å²) in [6.45, 7) is 6.67. The van der Waals surface area contributed by atoms with Gasteiger partial charge in [-0.05, 0) is 49.9 Å². The van der Waals surface area contributed by atoms with Gasteiger partial charge in [-0.1, -0.05) is 0 Å². The van der Waals surface area contributed by atoms with Crippen molar-refractivity contribution in [1.82, 2.24) is 4.98 Å². The predicted octanol–water partition coefficient (Wildman–Crippen LogP) is 2.66. The number of rotatable bonds is 3. The first-order valence-electron chi connectivity index (χ1n) is 7.93. The highest BCUT2D eigenvalue weighted by Gasteiger charge is 2.25. The Morgan fingerprint density at radius 3 is 2.91 bits per heavy atom. The maximum atomic E-state index is 5.48. The maximum absolute atomic E-state index is 5.48. The topological polar surface area (TPSA) is 29.2 Å². The van der Waals surface area contributed by atoms with Gasteiger partial charge in [-0.25, -0.2) is 4.98 Å². The van der Waals surface area contributed by atoms with Crippen LogP contribution in [-0.2, 0) is 13.5 Å². The van der Waals surface area contributed by atoms with Crippen molar-refractivity contribution >= 4 is 5.69 Å². The maximum Gasteiger partial charge on any atom is 0.288 e. The van der Waals surface area contributed by atoms with Gasteiger partial charge in [-0.3, -0.25) is 0 Å². The molecule has 0 radical (unpaired) electrons. The first-order chi connectivity index (χ1) is 10.7. The van der Waals surface area contributed by atoms with E-state index < -0.39 is 0 Å². The van der Waals surface area contributed by atoms with Gasteiger partial charge in [0.05, 0.1) is 18.9 Å². The molecular weight excluding hydrogens is 274 g/mol. The standard InChI is InChI=1S/C18H24N3O/c1-5-21-11-6-7-14-13(2)15(8-9-16(14)21)17-18(22-4)19-10-12-20(17)3/h8-10,12H,5-7,11H2,1-4H3/q+1. The number of ether oxygens (including phenoxy) is 1. The highest BCUT2D eigenvalue weighted by Crippen LogP contribution is 2.36. The number of hydrogen-bond donors (Lipinski definition) is 0. The molecule has 0 bridgehead atoms. The summed E-state index contributed by atoms with van der Waals surface area (Å²) in [6, 6.07) is 4.47. The zero-order valence-corrected chi connectivity index (χ0v) is 13.9. The molecule has 0 spiro atoms. The summed E-state index contributed by atoms with van der Waals surface area (Å²) in [5, 5.41) is 0. The van der Waals surface area contributed by atoms with Crippen LogP contribution in [0.25, 0.3) is 11.3 Å². The van der Waals surface area contributed by atoms with Crippen LogP contribution in [0.15, 0.2) is 24.5 Å². The SMILES string of the molecule is CCN1CCCc2c1ccc(-c1c(OC)ncc[n+]1C)c2C. The van der Waals surface area contributed by atoms with Crippen LogP contribution in [0.4, 0.5) is 5.69 Å². The zero-order chi connectivity index (χ0) is 15.7. The van der Waals surface area contributed by atoms with Gasteiger partial charge < -0.3 is 9.64 Å². The largest absolute Gasteiger partial charge is 0.476 e. The second-order valence-electron chi connectivity index (χ2n) is 5.82. The minimum Gasteiger partial charge on any atom is -0.476 e. The lowest BCUT2D eigenvalue weighted by Crippen LogP contribution is -2.32. The molecule has 116 valence electrons. The molecule has 0 N–H and O–H groups in total. The second kappa shape index (κ2) is 5.95. The fourth-order valence-corrected chi connectivity index (χ4v) is 3.45. The van der Waals surface area contributed by atoms with Crippen LogP contribution in [0.1, 0.15) is 24.5 Å². The number of anilines is 1. The molecule has 0 atom stereocenters. The summed E-state index contributed by atoms with van der Waals surface area (Å²) in [7, 11) is 3.72. The van der Waals surface area contributed by atoms with Gasteiger partial charge in [0.15, 0.2) is 6.20 Å². The van der Waals surface area contributed by atoms with E-state index in [1.807, 2.05) is 13.2 Å². The molecule has 1 aliphatic rings. The van der Waals surface area contributed by atoms with Crippen LogP contribution in [0.2, 0.25) is 0 Å². The zero-order valence-electron chi connectivity index (χ0n) is 13.9. The molecule has 1 aromatic heterocycles. The average Bonchev–Trinajstić information content (AvgIpc) is 2.55. The third-order valence-electron chi connectivity index (χ3n) is 4.64. The molecule has 0 fully saturated rings. The molecule has 2 heterocycles. The molecule has 4 nitrogen and oxygen atoms in total. The quantitative estimate of drug-likeness (QED) is 0.816. The summed E-state index contributed by atoms with van der Waals surface area (Å²) >= 11 is 0. The molecule has 2 aromatic rings.